The highest BCUT2D eigenvalue weighted by Gasteiger charge is 2.45. The number of carbonyl (C=O) groups is 2. The molecule has 0 aromatic carbocycles. The van der Waals surface area contributed by atoms with E-state index in [1.54, 1.807) is 18.2 Å². The van der Waals surface area contributed by atoms with Gasteiger partial charge in [-0.15, -0.1) is 0 Å². The fourth-order valence-electron chi connectivity index (χ4n) is 2.64. The highest BCUT2D eigenvalue weighted by molar-refractivity contribution is 6.14. The molecular formula is C16H15NO5. The monoisotopic (exact) mass is 301 g/mol. The molecule has 0 aliphatic carbocycles. The number of hydrogen-bond acceptors (Lipinski definition) is 5. The van der Waals surface area contributed by atoms with Crippen molar-refractivity contribution in [1.82, 2.24) is 4.90 Å². The van der Waals surface area contributed by atoms with Crippen LogP contribution in [-0.4, -0.2) is 28.2 Å². The molecule has 6 heteroatoms. The largest absolute Gasteiger partial charge is 0.503 e. The van der Waals surface area contributed by atoms with Crippen molar-refractivity contribution in [3.63, 3.8) is 0 Å². The van der Waals surface area contributed by atoms with Crippen LogP contribution >= 0.6 is 0 Å². The van der Waals surface area contributed by atoms with Crippen molar-refractivity contribution >= 4 is 11.7 Å². The molecule has 0 radical (unpaired) electrons. The Morgan fingerprint density at radius 1 is 1.27 bits per heavy atom. The van der Waals surface area contributed by atoms with E-state index in [9.17, 15) is 14.7 Å². The molecule has 0 spiro atoms. The van der Waals surface area contributed by atoms with Crippen molar-refractivity contribution in [3.8, 4) is 0 Å². The Bertz CT molecular complexity index is 712. The summed E-state index contributed by atoms with van der Waals surface area (Å²) in [6.45, 7) is 2.32. The number of Topliss-reactive ketones (excluding diaryl/α,β-unsaturated/α-hetero) is 1. The molecule has 0 fully saturated rings. The van der Waals surface area contributed by atoms with Gasteiger partial charge in [-0.05, 0) is 30.7 Å². The van der Waals surface area contributed by atoms with Gasteiger partial charge >= 0.3 is 0 Å². The van der Waals surface area contributed by atoms with Gasteiger partial charge in [-0.25, -0.2) is 0 Å². The summed E-state index contributed by atoms with van der Waals surface area (Å²) < 4.78 is 10.5. The quantitative estimate of drug-likeness (QED) is 0.858. The number of carbonyl (C=O) groups excluding carboxylic acids is 2. The average molecular weight is 301 g/mol. The van der Waals surface area contributed by atoms with Crippen LogP contribution in [0, 0.1) is 0 Å². The van der Waals surface area contributed by atoms with Crippen LogP contribution in [0.5, 0.6) is 0 Å². The smallest absolute Gasteiger partial charge is 0.290 e. The van der Waals surface area contributed by atoms with Gasteiger partial charge in [0.15, 0.2) is 11.5 Å². The third-order valence-electron chi connectivity index (χ3n) is 3.57. The van der Waals surface area contributed by atoms with Crippen LogP contribution in [0.25, 0.3) is 0 Å². The lowest BCUT2D eigenvalue weighted by molar-refractivity contribution is -0.129. The molecule has 3 heterocycles. The van der Waals surface area contributed by atoms with E-state index in [4.69, 9.17) is 8.83 Å². The minimum Gasteiger partial charge on any atom is -0.503 e. The van der Waals surface area contributed by atoms with Gasteiger partial charge in [0.05, 0.1) is 18.1 Å². The summed E-state index contributed by atoms with van der Waals surface area (Å²) in [7, 11) is 0. The number of aliphatic hydroxyl groups excluding tert-OH is 1. The summed E-state index contributed by atoms with van der Waals surface area (Å²) >= 11 is 0. The van der Waals surface area contributed by atoms with E-state index in [0.717, 1.165) is 0 Å². The van der Waals surface area contributed by atoms with Crippen LogP contribution in [0.4, 0.5) is 0 Å². The van der Waals surface area contributed by atoms with Crippen LogP contribution in [0.15, 0.2) is 57.0 Å². The van der Waals surface area contributed by atoms with Crippen molar-refractivity contribution in [2.45, 2.75) is 19.4 Å². The van der Waals surface area contributed by atoms with E-state index in [1.807, 2.05) is 6.92 Å². The number of ketones is 1. The van der Waals surface area contributed by atoms with Crippen LogP contribution in [0.2, 0.25) is 0 Å². The Balaban J connectivity index is 2.08. The Hall–Kier alpha value is -2.76. The Labute approximate surface area is 126 Å². The van der Waals surface area contributed by atoms with Crippen molar-refractivity contribution < 1.29 is 23.5 Å². The number of nitrogens with zero attached hydrogens (tertiary/aromatic N) is 1. The van der Waals surface area contributed by atoms with Gasteiger partial charge in [0.1, 0.15) is 11.8 Å². The predicted octanol–water partition coefficient (Wildman–Crippen LogP) is 2.86. The molecule has 0 bridgehead atoms. The lowest BCUT2D eigenvalue weighted by Gasteiger charge is -2.23. The third kappa shape index (κ3) is 2.13. The molecule has 6 nitrogen and oxygen atoms in total. The molecule has 2 aromatic heterocycles. The van der Waals surface area contributed by atoms with Crippen LogP contribution in [0.1, 0.15) is 35.7 Å². The molecule has 22 heavy (non-hydrogen) atoms. The maximum absolute atomic E-state index is 12.6. The number of hydrogen-bond donors (Lipinski definition) is 1. The minimum absolute atomic E-state index is 0.0108. The summed E-state index contributed by atoms with van der Waals surface area (Å²) in [4.78, 5) is 26.3. The molecule has 1 aliphatic rings. The normalized spacial score (nSPS) is 18.3. The Morgan fingerprint density at radius 3 is 2.59 bits per heavy atom. The van der Waals surface area contributed by atoms with Gasteiger partial charge in [-0.3, -0.25) is 9.59 Å². The fraction of sp³-hybridized carbons (Fsp3) is 0.250. The first-order valence-corrected chi connectivity index (χ1v) is 7.00. The van der Waals surface area contributed by atoms with E-state index in [1.165, 1.54) is 23.5 Å². The first-order chi connectivity index (χ1) is 10.6. The zero-order valence-corrected chi connectivity index (χ0v) is 12.0. The van der Waals surface area contributed by atoms with Gasteiger partial charge in [-0.1, -0.05) is 6.92 Å². The summed E-state index contributed by atoms with van der Waals surface area (Å²) in [6.07, 6.45) is 3.53. The molecular weight excluding hydrogens is 286 g/mol. The number of amides is 1. The molecule has 0 saturated heterocycles. The molecule has 114 valence electrons. The molecule has 1 N–H and O–H groups in total. The van der Waals surface area contributed by atoms with Crippen LogP contribution in [0.3, 0.4) is 0 Å². The maximum Gasteiger partial charge on any atom is 0.290 e. The zero-order valence-electron chi connectivity index (χ0n) is 12.0. The second-order valence-electron chi connectivity index (χ2n) is 4.99. The molecule has 2 aromatic rings. The second-order valence-corrected chi connectivity index (χ2v) is 4.99. The van der Waals surface area contributed by atoms with E-state index >= 15 is 0 Å². The summed E-state index contributed by atoms with van der Waals surface area (Å²) in [5.74, 6) is -1.13. The summed E-state index contributed by atoms with van der Waals surface area (Å²) in [5, 5.41) is 10.2. The molecule has 1 amide bonds. The van der Waals surface area contributed by atoms with Gasteiger partial charge < -0.3 is 18.8 Å². The highest BCUT2D eigenvalue weighted by atomic mass is 16.3. The molecule has 0 saturated carbocycles. The van der Waals surface area contributed by atoms with Crippen LogP contribution in [-0.2, 0) is 4.79 Å². The summed E-state index contributed by atoms with van der Waals surface area (Å²) in [5.41, 5.74) is -0.0108. The first kappa shape index (κ1) is 14.2. The molecule has 1 aliphatic heterocycles. The van der Waals surface area contributed by atoms with E-state index in [-0.39, 0.29) is 11.3 Å². The van der Waals surface area contributed by atoms with E-state index in [0.29, 0.717) is 18.7 Å². The minimum atomic E-state index is -0.736. The van der Waals surface area contributed by atoms with Gasteiger partial charge in [0.2, 0.25) is 5.78 Å². The molecule has 1 atom stereocenters. The van der Waals surface area contributed by atoms with Crippen molar-refractivity contribution in [2.24, 2.45) is 0 Å². The van der Waals surface area contributed by atoms with E-state index < -0.39 is 23.5 Å². The molecule has 3 rings (SSSR count). The lowest BCUT2D eigenvalue weighted by Crippen LogP contribution is -2.31. The first-order valence-electron chi connectivity index (χ1n) is 7.00. The second kappa shape index (κ2) is 5.55. The number of aliphatic hydroxyl groups is 1. The standard InChI is InChI=1S/C16H15NO5/c1-2-7-17-13(10-5-3-8-21-10)12(15(19)16(17)20)14(18)11-6-4-9-22-11/h3-6,8-9,13,19H,2,7H2,1H3. The number of rotatable bonds is 5. The summed E-state index contributed by atoms with van der Waals surface area (Å²) in [6, 6.07) is 5.69. The van der Waals surface area contributed by atoms with Gasteiger partial charge in [0, 0.05) is 6.54 Å². The Kier molecular flexibility index (Phi) is 3.58. The SMILES string of the molecule is CCCN1C(=O)C(O)=C(C(=O)c2ccco2)C1c1ccco1. The van der Waals surface area contributed by atoms with Crippen LogP contribution < -0.4 is 0 Å². The lowest BCUT2D eigenvalue weighted by atomic mass is 9.99. The van der Waals surface area contributed by atoms with Gasteiger partial charge in [-0.2, -0.15) is 0 Å². The average Bonchev–Trinajstić information content (AvgIpc) is 3.24. The maximum atomic E-state index is 12.6. The predicted molar refractivity (Wildman–Crippen MR) is 76.1 cm³/mol. The van der Waals surface area contributed by atoms with Crippen molar-refractivity contribution in [1.29, 1.82) is 0 Å². The van der Waals surface area contributed by atoms with Crippen molar-refractivity contribution in [2.75, 3.05) is 6.54 Å². The van der Waals surface area contributed by atoms with E-state index in [2.05, 4.69) is 0 Å². The fourth-order valence-corrected chi connectivity index (χ4v) is 2.64. The molecule has 1 unspecified atom stereocenters. The topological polar surface area (TPSA) is 83.9 Å². The number of furan rings is 2. The Morgan fingerprint density at radius 2 is 2.00 bits per heavy atom. The third-order valence-corrected chi connectivity index (χ3v) is 3.57. The highest BCUT2D eigenvalue weighted by Crippen LogP contribution is 2.39. The zero-order chi connectivity index (χ0) is 15.7. The van der Waals surface area contributed by atoms with Crippen molar-refractivity contribution in [3.05, 3.63) is 59.6 Å². The van der Waals surface area contributed by atoms with Gasteiger partial charge in [0.25, 0.3) is 5.91 Å².